The number of rotatable bonds is 1. The molecule has 0 N–H and O–H groups in total. The van der Waals surface area contributed by atoms with Gasteiger partial charge in [-0.1, -0.05) is 72.6 Å². The highest BCUT2D eigenvalue weighted by Gasteiger charge is 2.01. The second kappa shape index (κ2) is 4.50. The molecule has 0 atom stereocenters. The average molecular weight is 265 g/mol. The summed E-state index contributed by atoms with van der Waals surface area (Å²) in [7, 11) is 0. The van der Waals surface area contributed by atoms with Crippen molar-refractivity contribution in [3.05, 3.63) is 84.7 Å². The summed E-state index contributed by atoms with van der Waals surface area (Å²) in [4.78, 5) is 0. The van der Waals surface area contributed by atoms with E-state index in [0.717, 1.165) is 0 Å². The Kier molecular flexibility index (Phi) is 1.07. The summed E-state index contributed by atoms with van der Waals surface area (Å²) in [5.74, 6) is 0. The zero-order valence-electron chi connectivity index (χ0n) is 21.2. The molecule has 0 heteroatoms. The molecule has 0 aliphatic carbocycles. The lowest BCUT2D eigenvalue weighted by Gasteiger charge is -2.06. The van der Waals surface area contributed by atoms with E-state index in [9.17, 15) is 0 Å². The third kappa shape index (κ3) is 1.86. The summed E-state index contributed by atoms with van der Waals surface area (Å²) in [5.41, 5.74) is -0.566. The van der Waals surface area contributed by atoms with E-state index in [1.807, 2.05) is 0 Å². The van der Waals surface area contributed by atoms with Gasteiger partial charge in [-0.05, 0) is 44.8 Å². The Morgan fingerprint density at radius 1 is 0.550 bits per heavy atom. The van der Waals surface area contributed by atoms with E-state index in [2.05, 4.69) is 0 Å². The molecule has 0 spiro atoms. The summed E-state index contributed by atoms with van der Waals surface area (Å²) >= 11 is 0. The summed E-state index contributed by atoms with van der Waals surface area (Å²) < 4.78 is 90.8. The Hall–Kier alpha value is -2.60. The lowest BCUT2D eigenvalue weighted by Crippen LogP contribution is -1.80. The Balaban J connectivity index is 2.28. The highest BCUT2D eigenvalue weighted by atomic mass is 14.1. The minimum Gasteiger partial charge on any atom is -0.0616 e. The van der Waals surface area contributed by atoms with E-state index in [-0.39, 0.29) is 50.8 Å². The van der Waals surface area contributed by atoms with Crippen LogP contribution in [0.25, 0.3) is 32.7 Å². The molecule has 4 aromatic carbocycles. The molecule has 0 heterocycles. The Morgan fingerprint density at radius 3 is 2.00 bits per heavy atom. The van der Waals surface area contributed by atoms with Crippen LogP contribution in [0.2, 0.25) is 0 Å². The van der Waals surface area contributed by atoms with Gasteiger partial charge >= 0.3 is 0 Å². The fourth-order valence-electron chi connectivity index (χ4n) is 1.97. The molecule has 0 saturated heterocycles. The van der Waals surface area contributed by atoms with E-state index in [4.69, 9.17) is 15.1 Å². The maximum atomic E-state index is 8.62. The topological polar surface area (TPSA) is 0 Å². The third-order valence-electron chi connectivity index (χ3n) is 2.93. The van der Waals surface area contributed by atoms with E-state index >= 15 is 0 Å². The van der Waals surface area contributed by atoms with E-state index in [1.54, 1.807) is 0 Å². The lowest BCUT2D eigenvalue weighted by atomic mass is 9.99. The van der Waals surface area contributed by atoms with Gasteiger partial charge in [0, 0.05) is 0 Å². The standard InChI is InChI=1S/C20H14/c1-3-7-17-13-19(11-9-15(17)5-1)20-12-10-16-6-2-4-8-18(16)14-20/h1-14H/i1D,3D,5D,6D,7D,9D,10D,11D,12D,13D,14D. The average Bonchev–Trinajstić information content (AvgIpc) is 2.73. The first-order valence-electron chi connectivity index (χ1n) is 11.5. The van der Waals surface area contributed by atoms with Crippen LogP contribution >= 0.6 is 0 Å². The van der Waals surface area contributed by atoms with Gasteiger partial charge in [0.25, 0.3) is 0 Å². The second-order valence-corrected chi connectivity index (χ2v) is 4.21. The van der Waals surface area contributed by atoms with Crippen molar-refractivity contribution < 1.29 is 15.1 Å². The third-order valence-corrected chi connectivity index (χ3v) is 2.93. The minimum atomic E-state index is -0.593. The quantitative estimate of drug-likeness (QED) is 0.416. The van der Waals surface area contributed by atoms with Crippen molar-refractivity contribution in [3.63, 3.8) is 0 Å². The van der Waals surface area contributed by atoms with Gasteiger partial charge in [0.2, 0.25) is 0 Å². The van der Waals surface area contributed by atoms with Crippen LogP contribution in [-0.4, -0.2) is 0 Å². The van der Waals surface area contributed by atoms with Gasteiger partial charge in [-0.2, -0.15) is 0 Å². The van der Waals surface area contributed by atoms with Gasteiger partial charge < -0.3 is 0 Å². The monoisotopic (exact) mass is 265 g/mol. The SMILES string of the molecule is [2H]c1c(-c2c([2H])c([2H])c3c([2H])c([2H])c([2H])c([2H])c3c2[2H])c([2H])c2cccc([2H])c2c1[2H]. The predicted molar refractivity (Wildman–Crippen MR) is 86.9 cm³/mol. The van der Waals surface area contributed by atoms with Crippen LogP contribution in [0.3, 0.4) is 0 Å². The summed E-state index contributed by atoms with van der Waals surface area (Å²) in [6.07, 6.45) is 0. The van der Waals surface area contributed by atoms with Crippen LogP contribution in [0.5, 0.6) is 0 Å². The van der Waals surface area contributed by atoms with Gasteiger partial charge in [0.15, 0.2) is 0 Å². The summed E-state index contributed by atoms with van der Waals surface area (Å²) in [6, 6.07) is -0.599. The van der Waals surface area contributed by atoms with Gasteiger partial charge in [-0.25, -0.2) is 0 Å². The largest absolute Gasteiger partial charge is 0.0636 e. The van der Waals surface area contributed by atoms with Crippen LogP contribution in [0.4, 0.5) is 0 Å². The highest BCUT2D eigenvalue weighted by molar-refractivity contribution is 5.91. The van der Waals surface area contributed by atoms with Crippen LogP contribution in [0.15, 0.2) is 84.7 Å². The minimum absolute atomic E-state index is 0.0398. The number of fused-ring (bicyclic) bond motifs is 2. The molecule has 0 amide bonds. The van der Waals surface area contributed by atoms with E-state index in [1.165, 1.54) is 18.2 Å². The summed E-state index contributed by atoms with van der Waals surface area (Å²) in [5, 5.41) is -0.276. The van der Waals surface area contributed by atoms with E-state index < -0.39 is 48.3 Å². The van der Waals surface area contributed by atoms with Crippen molar-refractivity contribution in [2.24, 2.45) is 0 Å². The van der Waals surface area contributed by atoms with Crippen molar-refractivity contribution >= 4 is 21.5 Å². The van der Waals surface area contributed by atoms with E-state index in [0.29, 0.717) is 0 Å². The van der Waals surface area contributed by atoms with Crippen molar-refractivity contribution in [2.45, 2.75) is 0 Å². The highest BCUT2D eigenvalue weighted by Crippen LogP contribution is 2.27. The molecule has 0 radical (unpaired) electrons. The normalized spacial score (nSPS) is 18.7. The van der Waals surface area contributed by atoms with Crippen molar-refractivity contribution in [1.29, 1.82) is 0 Å². The fourth-order valence-corrected chi connectivity index (χ4v) is 1.97. The Labute approximate surface area is 133 Å². The lowest BCUT2D eigenvalue weighted by molar-refractivity contribution is 1.67. The fraction of sp³-hybridized carbons (Fsp3) is 0. The van der Waals surface area contributed by atoms with Gasteiger partial charge in [-0.3, -0.25) is 0 Å². The molecule has 0 fully saturated rings. The first kappa shape index (κ1) is 4.75. The molecule has 4 rings (SSSR count). The van der Waals surface area contributed by atoms with Crippen molar-refractivity contribution in [1.82, 2.24) is 0 Å². The van der Waals surface area contributed by atoms with Gasteiger partial charge in [0.05, 0.1) is 15.1 Å². The zero-order chi connectivity index (χ0) is 22.9. The molecule has 94 valence electrons. The van der Waals surface area contributed by atoms with Crippen molar-refractivity contribution in [2.75, 3.05) is 0 Å². The number of benzene rings is 4. The molecule has 20 heavy (non-hydrogen) atoms. The summed E-state index contributed by atoms with van der Waals surface area (Å²) in [6.45, 7) is 0. The first-order chi connectivity index (χ1) is 14.5. The maximum absolute atomic E-state index is 8.62. The van der Waals surface area contributed by atoms with Crippen molar-refractivity contribution in [3.8, 4) is 11.1 Å². The second-order valence-electron chi connectivity index (χ2n) is 4.21. The molecule has 0 aliphatic rings. The molecule has 0 nitrogen and oxygen atoms in total. The Morgan fingerprint density at radius 2 is 1.20 bits per heavy atom. The molecule has 0 bridgehead atoms. The first-order valence-corrected chi connectivity index (χ1v) is 5.99. The van der Waals surface area contributed by atoms with Gasteiger partial charge in [-0.15, -0.1) is 0 Å². The molecule has 0 aromatic heterocycles. The van der Waals surface area contributed by atoms with Crippen LogP contribution in [0, 0.1) is 0 Å². The number of hydrogen-bond acceptors (Lipinski definition) is 0. The Bertz CT molecular complexity index is 1440. The molecule has 0 unspecified atom stereocenters. The van der Waals surface area contributed by atoms with Crippen LogP contribution < -0.4 is 0 Å². The molecular formula is C20H14. The smallest absolute Gasteiger partial charge is 0.0616 e. The molecular weight excluding hydrogens is 240 g/mol. The van der Waals surface area contributed by atoms with Crippen LogP contribution in [0.1, 0.15) is 15.1 Å². The number of hydrogen-bond donors (Lipinski definition) is 0. The molecule has 0 aliphatic heterocycles. The molecule has 4 aromatic rings. The van der Waals surface area contributed by atoms with Gasteiger partial charge in [0.1, 0.15) is 0 Å². The van der Waals surface area contributed by atoms with Crippen LogP contribution in [-0.2, 0) is 0 Å². The maximum Gasteiger partial charge on any atom is 0.0636 e. The predicted octanol–water partition coefficient (Wildman–Crippen LogP) is 5.66. The molecule has 0 saturated carbocycles. The zero-order valence-corrected chi connectivity index (χ0v) is 10.2.